The molecule has 0 aliphatic carbocycles. The minimum Gasteiger partial charge on any atom is -0.507 e. The molecule has 0 aliphatic rings. The number of amides is 2. The molecule has 0 bridgehead atoms. The fraction of sp³-hybridized carbons (Fsp3) is 0.222. The van der Waals surface area contributed by atoms with E-state index in [4.69, 9.17) is 4.74 Å². The van der Waals surface area contributed by atoms with Gasteiger partial charge in [0.1, 0.15) is 11.8 Å². The summed E-state index contributed by atoms with van der Waals surface area (Å²) in [6.45, 7) is 4.10. The molecular formula is C27H28N4O4. The number of para-hydroxylation sites is 1. The average molecular weight is 473 g/mol. The van der Waals surface area contributed by atoms with Crippen molar-refractivity contribution in [2.24, 2.45) is 11.0 Å². The van der Waals surface area contributed by atoms with Crippen LogP contribution in [0.1, 0.15) is 25.0 Å². The summed E-state index contributed by atoms with van der Waals surface area (Å²) in [7, 11) is 0. The van der Waals surface area contributed by atoms with Crippen molar-refractivity contribution in [3.05, 3.63) is 78.0 Å². The highest BCUT2D eigenvalue weighted by atomic mass is 16.5. The third kappa shape index (κ3) is 5.78. The van der Waals surface area contributed by atoms with Crippen molar-refractivity contribution >= 4 is 39.9 Å². The molecule has 1 atom stereocenters. The number of phenols is 1. The van der Waals surface area contributed by atoms with E-state index in [-0.39, 0.29) is 24.7 Å². The molecular weight excluding hydrogens is 444 g/mol. The van der Waals surface area contributed by atoms with E-state index in [1.54, 1.807) is 6.07 Å². The van der Waals surface area contributed by atoms with Gasteiger partial charge in [-0.05, 0) is 34.4 Å². The molecule has 8 heteroatoms. The van der Waals surface area contributed by atoms with Crippen LogP contribution < -0.4 is 10.7 Å². The number of nitrogens with one attached hydrogen (secondary N) is 3. The smallest absolute Gasteiger partial charge is 0.407 e. The van der Waals surface area contributed by atoms with Crippen molar-refractivity contribution in [1.29, 1.82) is 0 Å². The van der Waals surface area contributed by atoms with Crippen LogP contribution in [0.15, 0.2) is 72.0 Å². The number of nitrogens with zero attached hydrogens (tertiary/aromatic N) is 1. The third-order valence-electron chi connectivity index (χ3n) is 5.57. The Balaban J connectivity index is 1.53. The summed E-state index contributed by atoms with van der Waals surface area (Å²) in [6, 6.07) is 17.8. The Morgan fingerprint density at radius 2 is 1.80 bits per heavy atom. The van der Waals surface area contributed by atoms with Gasteiger partial charge in [-0.3, -0.25) is 4.79 Å². The van der Waals surface area contributed by atoms with Crippen molar-refractivity contribution in [3.63, 3.8) is 0 Å². The number of ether oxygens (including phenoxy) is 1. The standard InChI is InChI=1S/C27H28N4O4/c1-17(2)16-35-27(34)30-24(13-19-14-28-23-10-6-5-9-21(19)23)26(33)31-29-15-22-20-8-4-3-7-18(20)11-12-25(22)32/h3-12,14-15,17,24,28,32H,13,16H2,1-2H3,(H,30,34)(H,31,33)/b29-15+. The SMILES string of the molecule is CC(C)COC(=O)NC(Cc1c[nH]c2ccccc12)C(=O)N/N=C/c1c(O)ccc2ccccc12. The number of aromatic nitrogens is 1. The monoisotopic (exact) mass is 472 g/mol. The molecule has 1 heterocycles. The molecule has 1 aromatic heterocycles. The van der Waals surface area contributed by atoms with E-state index >= 15 is 0 Å². The summed E-state index contributed by atoms with van der Waals surface area (Å²) in [4.78, 5) is 28.6. The molecule has 0 saturated heterocycles. The number of carbonyl (C=O) groups is 2. The van der Waals surface area contributed by atoms with Crippen molar-refractivity contribution in [2.45, 2.75) is 26.3 Å². The number of benzene rings is 3. The van der Waals surface area contributed by atoms with Crippen LogP contribution in [0, 0.1) is 5.92 Å². The maximum absolute atomic E-state index is 13.1. The lowest BCUT2D eigenvalue weighted by Gasteiger charge is -2.17. The van der Waals surface area contributed by atoms with Crippen LogP contribution >= 0.6 is 0 Å². The minimum atomic E-state index is -0.924. The second-order valence-corrected chi connectivity index (χ2v) is 8.71. The molecule has 0 radical (unpaired) electrons. The molecule has 8 nitrogen and oxygen atoms in total. The molecule has 3 aromatic carbocycles. The van der Waals surface area contributed by atoms with Crippen LogP contribution in [-0.4, -0.2) is 41.0 Å². The number of hydrogen-bond acceptors (Lipinski definition) is 5. The van der Waals surface area contributed by atoms with Crippen LogP contribution in [0.4, 0.5) is 4.79 Å². The topological polar surface area (TPSA) is 116 Å². The van der Waals surface area contributed by atoms with Gasteiger partial charge in [-0.2, -0.15) is 5.10 Å². The molecule has 0 aliphatic heterocycles. The lowest BCUT2D eigenvalue weighted by Crippen LogP contribution is -2.47. The van der Waals surface area contributed by atoms with E-state index in [1.165, 1.54) is 6.21 Å². The first-order chi connectivity index (χ1) is 16.9. The van der Waals surface area contributed by atoms with Crippen molar-refractivity contribution in [1.82, 2.24) is 15.7 Å². The quantitative estimate of drug-likeness (QED) is 0.224. The molecule has 0 saturated carbocycles. The fourth-order valence-electron chi connectivity index (χ4n) is 3.81. The van der Waals surface area contributed by atoms with Crippen LogP contribution in [0.3, 0.4) is 0 Å². The summed E-state index contributed by atoms with van der Waals surface area (Å²) in [6.07, 6.45) is 2.79. The molecule has 0 fully saturated rings. The van der Waals surface area contributed by atoms with E-state index in [9.17, 15) is 14.7 Å². The highest BCUT2D eigenvalue weighted by molar-refractivity contribution is 6.02. The van der Waals surface area contributed by atoms with E-state index in [2.05, 4.69) is 20.8 Å². The Hall–Kier alpha value is -4.33. The van der Waals surface area contributed by atoms with Gasteiger partial charge < -0.3 is 20.1 Å². The predicted molar refractivity (Wildman–Crippen MR) is 136 cm³/mol. The number of hydrogen-bond donors (Lipinski definition) is 4. The van der Waals surface area contributed by atoms with Crippen LogP contribution in [0.25, 0.3) is 21.7 Å². The van der Waals surface area contributed by atoms with Gasteiger partial charge >= 0.3 is 6.09 Å². The Kier molecular flexibility index (Phi) is 7.30. The van der Waals surface area contributed by atoms with Crippen LogP contribution in [0.5, 0.6) is 5.75 Å². The zero-order chi connectivity index (χ0) is 24.8. The summed E-state index contributed by atoms with van der Waals surface area (Å²) >= 11 is 0. The summed E-state index contributed by atoms with van der Waals surface area (Å²) in [5.74, 6) is -0.292. The molecule has 4 aromatic rings. The number of fused-ring (bicyclic) bond motifs is 2. The highest BCUT2D eigenvalue weighted by Gasteiger charge is 2.23. The minimum absolute atomic E-state index is 0.0485. The van der Waals surface area contributed by atoms with Gasteiger partial charge in [0.05, 0.1) is 12.8 Å². The fourth-order valence-corrected chi connectivity index (χ4v) is 3.81. The maximum Gasteiger partial charge on any atom is 0.407 e. The zero-order valence-electron chi connectivity index (χ0n) is 19.6. The maximum atomic E-state index is 13.1. The molecule has 4 rings (SSSR count). The first kappa shape index (κ1) is 23.8. The second-order valence-electron chi connectivity index (χ2n) is 8.71. The number of H-pyrrole nitrogens is 1. The lowest BCUT2D eigenvalue weighted by atomic mass is 10.0. The largest absolute Gasteiger partial charge is 0.507 e. The van der Waals surface area contributed by atoms with Crippen molar-refractivity contribution in [2.75, 3.05) is 6.61 Å². The normalized spacial score (nSPS) is 12.3. The molecule has 180 valence electrons. The van der Waals surface area contributed by atoms with Crippen LogP contribution in [-0.2, 0) is 16.0 Å². The summed E-state index contributed by atoms with van der Waals surface area (Å²) in [5, 5.41) is 19.7. The number of carbonyl (C=O) groups excluding carboxylic acids is 2. The lowest BCUT2D eigenvalue weighted by molar-refractivity contribution is -0.123. The zero-order valence-corrected chi connectivity index (χ0v) is 19.6. The molecule has 0 spiro atoms. The molecule has 1 unspecified atom stereocenters. The predicted octanol–water partition coefficient (Wildman–Crippen LogP) is 4.47. The Labute approximate surface area is 203 Å². The second kappa shape index (κ2) is 10.7. The van der Waals surface area contributed by atoms with Gasteiger partial charge in [0.25, 0.3) is 5.91 Å². The van der Waals surface area contributed by atoms with Crippen molar-refractivity contribution in [3.8, 4) is 5.75 Å². The first-order valence-corrected chi connectivity index (χ1v) is 11.4. The van der Waals surface area contributed by atoms with E-state index in [0.717, 1.165) is 27.2 Å². The number of aromatic hydroxyl groups is 1. The van der Waals surface area contributed by atoms with E-state index < -0.39 is 18.0 Å². The summed E-state index contributed by atoms with van der Waals surface area (Å²) in [5.41, 5.74) is 4.79. The number of rotatable bonds is 8. The number of aromatic amines is 1. The Morgan fingerprint density at radius 3 is 2.60 bits per heavy atom. The van der Waals surface area contributed by atoms with Gasteiger partial charge in [0.2, 0.25) is 0 Å². The number of phenolic OH excluding ortho intramolecular Hbond substituents is 1. The van der Waals surface area contributed by atoms with E-state index in [0.29, 0.717) is 5.56 Å². The van der Waals surface area contributed by atoms with Crippen LogP contribution in [0.2, 0.25) is 0 Å². The van der Waals surface area contributed by atoms with Crippen molar-refractivity contribution < 1.29 is 19.4 Å². The molecule has 4 N–H and O–H groups in total. The highest BCUT2D eigenvalue weighted by Crippen LogP contribution is 2.25. The van der Waals surface area contributed by atoms with Gasteiger partial charge in [0.15, 0.2) is 0 Å². The summed E-state index contributed by atoms with van der Waals surface area (Å²) < 4.78 is 5.22. The molecule has 2 amide bonds. The molecule has 35 heavy (non-hydrogen) atoms. The van der Waals surface area contributed by atoms with E-state index in [1.807, 2.05) is 74.6 Å². The Morgan fingerprint density at radius 1 is 1.06 bits per heavy atom. The number of alkyl carbamates (subject to hydrolysis) is 1. The third-order valence-corrected chi connectivity index (χ3v) is 5.57. The van der Waals surface area contributed by atoms with Gasteiger partial charge in [-0.1, -0.05) is 62.4 Å². The average Bonchev–Trinajstić information content (AvgIpc) is 3.26. The Bertz CT molecular complexity index is 1380. The number of hydrazone groups is 1. The van der Waals surface area contributed by atoms with Gasteiger partial charge in [-0.15, -0.1) is 0 Å². The van der Waals surface area contributed by atoms with Gasteiger partial charge in [0, 0.05) is 29.1 Å². The van der Waals surface area contributed by atoms with Gasteiger partial charge in [-0.25, -0.2) is 10.2 Å². The first-order valence-electron chi connectivity index (χ1n) is 11.4.